The number of rotatable bonds is 7. The van der Waals surface area contributed by atoms with E-state index in [2.05, 4.69) is 31.1 Å². The molecule has 3 atom stereocenters. The zero-order chi connectivity index (χ0) is 26.5. The van der Waals surface area contributed by atoms with Gasteiger partial charge in [0.05, 0.1) is 12.6 Å². The number of aryl methyl sites for hydroxylation is 2. The van der Waals surface area contributed by atoms with E-state index in [0.29, 0.717) is 36.6 Å². The smallest absolute Gasteiger partial charge is 0.319 e. The summed E-state index contributed by atoms with van der Waals surface area (Å²) < 4.78 is 20.6. The van der Waals surface area contributed by atoms with Crippen molar-refractivity contribution in [1.29, 1.82) is 0 Å². The van der Waals surface area contributed by atoms with E-state index in [1.54, 1.807) is 23.9 Å². The maximum atomic E-state index is 13.3. The summed E-state index contributed by atoms with van der Waals surface area (Å²) in [5, 5.41) is 17.8. The van der Waals surface area contributed by atoms with Gasteiger partial charge in [-0.3, -0.25) is 0 Å². The molecule has 0 spiro atoms. The van der Waals surface area contributed by atoms with Crippen LogP contribution in [0.15, 0.2) is 42.5 Å². The zero-order valence-corrected chi connectivity index (χ0v) is 22.1. The molecule has 2 aliphatic heterocycles. The molecule has 0 radical (unpaired) electrons. The minimum atomic E-state index is -0.244. The maximum absolute atomic E-state index is 13.3. The lowest BCUT2D eigenvalue weighted by Gasteiger charge is -2.39. The lowest BCUT2D eigenvalue weighted by Crippen LogP contribution is -2.52. The molecule has 1 aromatic heterocycles. The predicted octanol–water partition coefficient (Wildman–Crippen LogP) is 3.81. The number of anilines is 1. The second kappa shape index (κ2) is 12.0. The number of hydrogen-bond donors (Lipinski definition) is 2. The van der Waals surface area contributed by atoms with Crippen molar-refractivity contribution in [2.45, 2.75) is 38.6 Å². The Kier molecular flexibility index (Phi) is 8.29. The van der Waals surface area contributed by atoms with Crippen LogP contribution in [0.25, 0.3) is 11.4 Å². The van der Waals surface area contributed by atoms with Crippen LogP contribution < -0.4 is 10.6 Å². The number of carbonyl (C=O) groups is 1. The van der Waals surface area contributed by atoms with E-state index >= 15 is 0 Å². The van der Waals surface area contributed by atoms with E-state index in [9.17, 15) is 9.18 Å². The number of halogens is 1. The Hall–Kier alpha value is -3.37. The average molecular weight is 522 g/mol. The van der Waals surface area contributed by atoms with E-state index in [4.69, 9.17) is 4.74 Å². The zero-order valence-electron chi connectivity index (χ0n) is 22.1. The summed E-state index contributed by atoms with van der Waals surface area (Å²) in [4.78, 5) is 15.5. The molecule has 10 heteroatoms. The summed E-state index contributed by atoms with van der Waals surface area (Å²) in [7, 11) is 1.79. The Labute approximate surface area is 222 Å². The number of aromatic nitrogens is 4. The third-order valence-electron chi connectivity index (χ3n) is 7.56. The highest BCUT2D eigenvalue weighted by molar-refractivity contribution is 5.90. The predicted molar refractivity (Wildman–Crippen MR) is 143 cm³/mol. The number of carbonyl (C=O) groups excluding carboxylic acids is 1. The van der Waals surface area contributed by atoms with Crippen molar-refractivity contribution in [3.05, 3.63) is 59.4 Å². The first kappa shape index (κ1) is 26.2. The monoisotopic (exact) mass is 521 g/mol. The van der Waals surface area contributed by atoms with E-state index in [1.807, 2.05) is 37.3 Å². The summed E-state index contributed by atoms with van der Waals surface area (Å²) in [6.07, 6.45) is 4.23. The Balaban J connectivity index is 1.17. The normalized spacial score (nSPS) is 22.2. The minimum absolute atomic E-state index is 0.0616. The van der Waals surface area contributed by atoms with Gasteiger partial charge in [-0.2, -0.15) is 0 Å². The Bertz CT molecular complexity index is 1230. The molecule has 2 fully saturated rings. The van der Waals surface area contributed by atoms with Crippen molar-refractivity contribution in [3.63, 3.8) is 0 Å². The van der Waals surface area contributed by atoms with Gasteiger partial charge in [-0.25, -0.2) is 13.9 Å². The summed E-state index contributed by atoms with van der Waals surface area (Å²) in [6, 6.07) is 12.4. The first-order valence-corrected chi connectivity index (χ1v) is 13.4. The van der Waals surface area contributed by atoms with Crippen molar-refractivity contribution in [1.82, 2.24) is 30.4 Å². The third-order valence-corrected chi connectivity index (χ3v) is 7.56. The molecule has 0 bridgehead atoms. The van der Waals surface area contributed by atoms with Crippen molar-refractivity contribution in [3.8, 4) is 11.4 Å². The summed E-state index contributed by atoms with van der Waals surface area (Å²) in [5.74, 6) is 1.32. The lowest BCUT2D eigenvalue weighted by molar-refractivity contribution is 0.0215. The highest BCUT2D eigenvalue weighted by atomic mass is 19.1. The largest absolute Gasteiger partial charge is 0.379 e. The number of nitrogens with one attached hydrogen (secondary N) is 2. The fourth-order valence-corrected chi connectivity index (χ4v) is 5.72. The van der Waals surface area contributed by atoms with Crippen LogP contribution in [0.1, 0.15) is 30.4 Å². The van der Waals surface area contributed by atoms with Crippen LogP contribution in [-0.2, 0) is 18.2 Å². The Morgan fingerprint density at radius 3 is 2.82 bits per heavy atom. The molecule has 5 rings (SSSR count). The molecule has 0 aliphatic carbocycles. The van der Waals surface area contributed by atoms with Gasteiger partial charge >= 0.3 is 6.03 Å². The van der Waals surface area contributed by atoms with Gasteiger partial charge in [0.1, 0.15) is 5.82 Å². The van der Waals surface area contributed by atoms with Gasteiger partial charge in [0.25, 0.3) is 0 Å². The molecule has 2 saturated heterocycles. The number of benzene rings is 2. The third kappa shape index (κ3) is 6.73. The van der Waals surface area contributed by atoms with Crippen molar-refractivity contribution < 1.29 is 13.9 Å². The Morgan fingerprint density at radius 2 is 2.03 bits per heavy atom. The summed E-state index contributed by atoms with van der Waals surface area (Å²) >= 11 is 0. The molecule has 3 aromatic rings. The number of tetrazole rings is 1. The Morgan fingerprint density at radius 1 is 1.18 bits per heavy atom. The van der Waals surface area contributed by atoms with Crippen LogP contribution >= 0.6 is 0 Å². The standard InChI is InChI=1S/C28H36FN7O2/c1-19-12-23(27-32-33-34-35(27)2)15-25(13-19)30-28(37)31-26-18-38-11-9-22(26)17-36-10-3-4-21(16-36)14-20-5-7-24(29)8-6-20/h5-8,12-13,15,21-22,26H,3-4,9-11,14,16-18H2,1-2H3,(H2,30,31,37)/t21?,22-,26-/m0/s1. The lowest BCUT2D eigenvalue weighted by atomic mass is 9.89. The number of piperidine rings is 1. The molecule has 9 nitrogen and oxygen atoms in total. The molecular formula is C28H36FN7O2. The molecule has 1 unspecified atom stereocenters. The van der Waals surface area contributed by atoms with E-state index in [-0.39, 0.29) is 17.9 Å². The summed E-state index contributed by atoms with van der Waals surface area (Å²) in [6.45, 7) is 6.22. The van der Waals surface area contributed by atoms with E-state index < -0.39 is 0 Å². The highest BCUT2D eigenvalue weighted by Gasteiger charge is 2.31. The number of hydrogen-bond acceptors (Lipinski definition) is 6. The second-order valence-corrected chi connectivity index (χ2v) is 10.6. The number of urea groups is 1. The van der Waals surface area contributed by atoms with Gasteiger partial charge in [0.15, 0.2) is 5.82 Å². The molecule has 202 valence electrons. The minimum Gasteiger partial charge on any atom is -0.379 e. The molecule has 2 N–H and O–H groups in total. The first-order chi connectivity index (χ1) is 18.4. The SMILES string of the molecule is Cc1cc(NC(=O)N[C@H]2COCC[C@H]2CN2CCCC(Cc3ccc(F)cc3)C2)cc(-c2nnnn2C)c1. The molecule has 2 aromatic carbocycles. The number of ether oxygens (including phenoxy) is 1. The first-order valence-electron chi connectivity index (χ1n) is 13.4. The summed E-state index contributed by atoms with van der Waals surface area (Å²) in [5.41, 5.74) is 3.72. The van der Waals surface area contributed by atoms with Gasteiger partial charge in [0.2, 0.25) is 0 Å². The van der Waals surface area contributed by atoms with Crippen molar-refractivity contribution in [2.24, 2.45) is 18.9 Å². The van der Waals surface area contributed by atoms with Crippen molar-refractivity contribution in [2.75, 3.05) is 38.2 Å². The van der Waals surface area contributed by atoms with Crippen LogP contribution in [0.5, 0.6) is 0 Å². The van der Waals surface area contributed by atoms with Crippen LogP contribution in [0.2, 0.25) is 0 Å². The van der Waals surface area contributed by atoms with Crippen LogP contribution in [0.4, 0.5) is 14.9 Å². The molecule has 3 heterocycles. The van der Waals surface area contributed by atoms with Crippen LogP contribution in [0.3, 0.4) is 0 Å². The van der Waals surface area contributed by atoms with E-state index in [0.717, 1.165) is 50.0 Å². The number of amides is 2. The van der Waals surface area contributed by atoms with Gasteiger partial charge in [-0.1, -0.05) is 12.1 Å². The number of nitrogens with zero attached hydrogens (tertiary/aromatic N) is 5. The van der Waals surface area contributed by atoms with Crippen molar-refractivity contribution >= 4 is 11.7 Å². The molecule has 38 heavy (non-hydrogen) atoms. The molecular weight excluding hydrogens is 485 g/mol. The second-order valence-electron chi connectivity index (χ2n) is 10.6. The van der Waals surface area contributed by atoms with Gasteiger partial charge < -0.3 is 20.3 Å². The fraction of sp³-hybridized carbons (Fsp3) is 0.500. The molecule has 2 aliphatic rings. The number of likely N-dealkylation sites (tertiary alicyclic amines) is 1. The topological polar surface area (TPSA) is 97.2 Å². The van der Waals surface area contributed by atoms with Crippen LogP contribution in [-0.4, -0.2) is 70.0 Å². The quantitative estimate of drug-likeness (QED) is 0.491. The van der Waals surface area contributed by atoms with Gasteiger partial charge in [-0.15, -0.1) is 5.10 Å². The van der Waals surface area contributed by atoms with Gasteiger partial charge in [0, 0.05) is 38.0 Å². The maximum Gasteiger partial charge on any atom is 0.319 e. The fourth-order valence-electron chi connectivity index (χ4n) is 5.72. The van der Waals surface area contributed by atoms with E-state index in [1.165, 1.54) is 12.0 Å². The molecule has 0 saturated carbocycles. The highest BCUT2D eigenvalue weighted by Crippen LogP contribution is 2.25. The molecule has 2 amide bonds. The van der Waals surface area contributed by atoms with Crippen LogP contribution in [0, 0.1) is 24.6 Å². The van der Waals surface area contributed by atoms with Gasteiger partial charge in [-0.05, 0) is 103 Å². The average Bonchev–Trinajstić information content (AvgIpc) is 3.32.